The number of benzene rings is 1. The number of amides is 2. The van der Waals surface area contributed by atoms with Crippen LogP contribution in [0.5, 0.6) is 5.75 Å². The summed E-state index contributed by atoms with van der Waals surface area (Å²) >= 11 is 0. The van der Waals surface area contributed by atoms with Crippen molar-refractivity contribution in [3.63, 3.8) is 0 Å². The average Bonchev–Trinajstić information content (AvgIpc) is 2.36. The Balaban J connectivity index is 2.83. The van der Waals surface area contributed by atoms with Crippen LogP contribution in [-0.2, 0) is 4.79 Å². The number of nitrogen functional groups attached to an aromatic ring is 1. The largest absolute Gasteiger partial charge is 0.495 e. The lowest BCUT2D eigenvalue weighted by atomic mass is 9.92. The molecule has 0 fully saturated rings. The number of hydrogen-bond acceptors (Lipinski definition) is 4. The number of para-hydroxylation sites is 1. The number of hydrogen-bond donors (Lipinski definition) is 3. The Labute approximate surface area is 112 Å². The van der Waals surface area contributed by atoms with Crippen molar-refractivity contribution in [1.82, 2.24) is 5.32 Å². The molecule has 0 heterocycles. The van der Waals surface area contributed by atoms with Gasteiger partial charge >= 0.3 is 0 Å². The molecule has 0 saturated heterocycles. The van der Waals surface area contributed by atoms with Crippen molar-refractivity contribution in [2.75, 3.05) is 19.4 Å². The Bertz CT molecular complexity index is 498. The Morgan fingerprint density at radius 3 is 2.53 bits per heavy atom. The first-order chi connectivity index (χ1) is 8.79. The van der Waals surface area contributed by atoms with E-state index in [2.05, 4.69) is 5.32 Å². The number of nitrogens with one attached hydrogen (secondary N) is 1. The van der Waals surface area contributed by atoms with E-state index in [-0.39, 0.29) is 18.1 Å². The van der Waals surface area contributed by atoms with Gasteiger partial charge in [-0.3, -0.25) is 9.59 Å². The Hall–Kier alpha value is -2.24. The molecule has 0 spiro atoms. The summed E-state index contributed by atoms with van der Waals surface area (Å²) in [6.07, 6.45) is 0. The average molecular weight is 265 g/mol. The van der Waals surface area contributed by atoms with E-state index in [1.54, 1.807) is 32.0 Å². The van der Waals surface area contributed by atoms with Crippen molar-refractivity contribution in [3.05, 3.63) is 23.8 Å². The smallest absolute Gasteiger partial charge is 0.253 e. The first-order valence-electron chi connectivity index (χ1n) is 5.80. The third kappa shape index (κ3) is 3.37. The number of rotatable bonds is 5. The van der Waals surface area contributed by atoms with E-state index in [0.29, 0.717) is 11.3 Å². The summed E-state index contributed by atoms with van der Waals surface area (Å²) in [5.74, 6) is -0.418. The monoisotopic (exact) mass is 265 g/mol. The highest BCUT2D eigenvalue weighted by Gasteiger charge is 2.26. The number of ether oxygens (including phenoxy) is 1. The summed E-state index contributed by atoms with van der Waals surface area (Å²) in [5.41, 5.74) is 10.8. The molecule has 0 aromatic heterocycles. The quantitative estimate of drug-likeness (QED) is 0.674. The summed E-state index contributed by atoms with van der Waals surface area (Å²) in [7, 11) is 1.48. The molecule has 1 rings (SSSR count). The fourth-order valence-corrected chi connectivity index (χ4v) is 1.40. The maximum absolute atomic E-state index is 12.0. The second-order valence-electron chi connectivity index (χ2n) is 4.85. The summed E-state index contributed by atoms with van der Waals surface area (Å²) in [6.45, 7) is 3.45. The molecule has 6 heteroatoms. The molecule has 0 atom stereocenters. The molecule has 0 unspecified atom stereocenters. The maximum Gasteiger partial charge on any atom is 0.253 e. The van der Waals surface area contributed by atoms with Crippen molar-refractivity contribution in [2.24, 2.45) is 11.1 Å². The Kier molecular flexibility index (Phi) is 4.37. The van der Waals surface area contributed by atoms with Gasteiger partial charge in [-0.05, 0) is 26.0 Å². The number of primary amides is 1. The van der Waals surface area contributed by atoms with Gasteiger partial charge in [-0.25, -0.2) is 0 Å². The minimum absolute atomic E-state index is 0.137. The van der Waals surface area contributed by atoms with Gasteiger partial charge in [0.1, 0.15) is 5.75 Å². The first kappa shape index (κ1) is 14.8. The maximum atomic E-state index is 12.0. The van der Waals surface area contributed by atoms with Crippen LogP contribution in [0.15, 0.2) is 18.2 Å². The van der Waals surface area contributed by atoms with Crippen LogP contribution >= 0.6 is 0 Å². The van der Waals surface area contributed by atoms with Gasteiger partial charge in [0.2, 0.25) is 5.91 Å². The van der Waals surface area contributed by atoms with E-state index in [4.69, 9.17) is 16.2 Å². The highest BCUT2D eigenvalue weighted by molar-refractivity contribution is 6.00. The van der Waals surface area contributed by atoms with E-state index in [9.17, 15) is 9.59 Å². The predicted molar refractivity (Wildman–Crippen MR) is 72.7 cm³/mol. The van der Waals surface area contributed by atoms with Gasteiger partial charge in [0.05, 0.1) is 23.8 Å². The molecule has 0 aliphatic heterocycles. The highest BCUT2D eigenvalue weighted by atomic mass is 16.5. The van der Waals surface area contributed by atoms with Crippen LogP contribution in [0.1, 0.15) is 24.2 Å². The molecule has 0 saturated carbocycles. The minimum atomic E-state index is -0.816. The zero-order valence-corrected chi connectivity index (χ0v) is 11.3. The molecule has 1 aromatic carbocycles. The van der Waals surface area contributed by atoms with Gasteiger partial charge in [-0.2, -0.15) is 0 Å². The number of nitrogens with two attached hydrogens (primary N) is 2. The molecular formula is C13H19N3O3. The summed E-state index contributed by atoms with van der Waals surface area (Å²) < 4.78 is 5.04. The molecule has 6 nitrogen and oxygen atoms in total. The van der Waals surface area contributed by atoms with E-state index < -0.39 is 11.3 Å². The van der Waals surface area contributed by atoms with E-state index in [0.717, 1.165) is 0 Å². The molecule has 19 heavy (non-hydrogen) atoms. The van der Waals surface area contributed by atoms with E-state index >= 15 is 0 Å². The third-order valence-corrected chi connectivity index (χ3v) is 2.89. The summed E-state index contributed by atoms with van der Waals surface area (Å²) in [5, 5.41) is 2.64. The topological polar surface area (TPSA) is 107 Å². The second-order valence-corrected chi connectivity index (χ2v) is 4.85. The SMILES string of the molecule is COc1cccc(C(=O)NCC(C)(C)C(N)=O)c1N. The van der Waals surface area contributed by atoms with Gasteiger partial charge < -0.3 is 21.5 Å². The second kappa shape index (κ2) is 5.60. The van der Waals surface area contributed by atoms with Crippen LogP contribution in [0.4, 0.5) is 5.69 Å². The molecule has 1 aromatic rings. The lowest BCUT2D eigenvalue weighted by molar-refractivity contribution is -0.125. The lowest BCUT2D eigenvalue weighted by Gasteiger charge is -2.21. The van der Waals surface area contributed by atoms with Crippen LogP contribution in [0.2, 0.25) is 0 Å². The van der Waals surface area contributed by atoms with Gasteiger partial charge in [-0.1, -0.05) is 6.07 Å². The molecule has 2 amide bonds. The van der Waals surface area contributed by atoms with Crippen LogP contribution in [-0.4, -0.2) is 25.5 Å². The van der Waals surface area contributed by atoms with E-state index in [1.807, 2.05) is 0 Å². The molecule has 104 valence electrons. The lowest BCUT2D eigenvalue weighted by Crippen LogP contribution is -2.42. The zero-order chi connectivity index (χ0) is 14.6. The number of carbonyl (C=O) groups excluding carboxylic acids is 2. The Morgan fingerprint density at radius 2 is 2.00 bits per heavy atom. The zero-order valence-electron chi connectivity index (χ0n) is 11.3. The summed E-state index contributed by atoms with van der Waals surface area (Å²) in [6, 6.07) is 4.92. The highest BCUT2D eigenvalue weighted by Crippen LogP contribution is 2.24. The van der Waals surface area contributed by atoms with Gasteiger partial charge in [0.25, 0.3) is 5.91 Å². The molecule has 0 aliphatic carbocycles. The summed E-state index contributed by atoms with van der Waals surface area (Å²) in [4.78, 5) is 23.2. The predicted octanol–water partition coefficient (Wildman–Crippen LogP) is 0.519. The van der Waals surface area contributed by atoms with Crippen LogP contribution in [0.25, 0.3) is 0 Å². The first-order valence-corrected chi connectivity index (χ1v) is 5.80. The molecule has 5 N–H and O–H groups in total. The van der Waals surface area contributed by atoms with Crippen LogP contribution in [0, 0.1) is 5.41 Å². The van der Waals surface area contributed by atoms with Crippen molar-refractivity contribution in [3.8, 4) is 5.75 Å². The van der Waals surface area contributed by atoms with Gasteiger partial charge in [-0.15, -0.1) is 0 Å². The standard InChI is InChI=1S/C13H19N3O3/c1-13(2,12(15)18)7-16-11(17)8-5-4-6-9(19-3)10(8)14/h4-6H,7,14H2,1-3H3,(H2,15,18)(H,16,17). The number of anilines is 1. The molecule has 0 radical (unpaired) electrons. The Morgan fingerprint density at radius 1 is 1.37 bits per heavy atom. The van der Waals surface area contributed by atoms with Crippen LogP contribution in [0.3, 0.4) is 0 Å². The fraction of sp³-hybridized carbons (Fsp3) is 0.385. The molecular weight excluding hydrogens is 246 g/mol. The van der Waals surface area contributed by atoms with Gasteiger partial charge in [0, 0.05) is 6.54 Å². The molecule has 0 bridgehead atoms. The third-order valence-electron chi connectivity index (χ3n) is 2.89. The van der Waals surface area contributed by atoms with Crippen LogP contribution < -0.4 is 21.5 Å². The van der Waals surface area contributed by atoms with Crippen molar-refractivity contribution in [1.29, 1.82) is 0 Å². The van der Waals surface area contributed by atoms with E-state index in [1.165, 1.54) is 7.11 Å². The van der Waals surface area contributed by atoms with Crippen molar-refractivity contribution in [2.45, 2.75) is 13.8 Å². The molecule has 0 aliphatic rings. The fourth-order valence-electron chi connectivity index (χ4n) is 1.40. The number of methoxy groups -OCH3 is 1. The number of carbonyl (C=O) groups is 2. The minimum Gasteiger partial charge on any atom is -0.495 e. The van der Waals surface area contributed by atoms with Crippen molar-refractivity contribution >= 4 is 17.5 Å². The van der Waals surface area contributed by atoms with Crippen molar-refractivity contribution < 1.29 is 14.3 Å². The normalized spacial score (nSPS) is 10.9. The van der Waals surface area contributed by atoms with Gasteiger partial charge in [0.15, 0.2) is 0 Å².